The molecule has 2 saturated carbocycles. The van der Waals surface area contributed by atoms with E-state index in [1.165, 1.54) is 32.1 Å². The van der Waals surface area contributed by atoms with E-state index in [2.05, 4.69) is 0 Å². The summed E-state index contributed by atoms with van der Waals surface area (Å²) in [7, 11) is 0. The predicted molar refractivity (Wildman–Crippen MR) is 57.6 cm³/mol. The van der Waals surface area contributed by atoms with Gasteiger partial charge in [0.15, 0.2) is 0 Å². The van der Waals surface area contributed by atoms with Gasteiger partial charge in [-0.1, -0.05) is 19.8 Å². The molecule has 0 bridgehead atoms. The van der Waals surface area contributed by atoms with Crippen molar-refractivity contribution >= 4 is 11.8 Å². The van der Waals surface area contributed by atoms with Gasteiger partial charge in [0, 0.05) is 18.8 Å². The molecule has 2 rings (SSSR count). The maximum Gasteiger partial charge on any atom is 0.303 e. The second-order valence-corrected chi connectivity index (χ2v) is 4.40. The van der Waals surface area contributed by atoms with E-state index in [1.807, 2.05) is 0 Å². The number of fused-ring (bicyclic) bond motifs is 1. The molecule has 0 heterocycles. The Morgan fingerprint density at radius 1 is 1.33 bits per heavy atom. The zero-order valence-corrected chi connectivity index (χ0v) is 9.37. The Labute approximate surface area is 90.9 Å². The normalized spacial score (nSPS) is 29.0. The van der Waals surface area contributed by atoms with Gasteiger partial charge in [-0.15, -0.1) is 0 Å². The van der Waals surface area contributed by atoms with E-state index in [4.69, 9.17) is 5.11 Å². The van der Waals surface area contributed by atoms with Crippen molar-refractivity contribution in [3.63, 3.8) is 0 Å². The quantitative estimate of drug-likeness (QED) is 0.727. The molecule has 0 aliphatic heterocycles. The zero-order chi connectivity index (χ0) is 11.3. The molecule has 86 valence electrons. The van der Waals surface area contributed by atoms with Crippen LogP contribution in [-0.2, 0) is 9.59 Å². The van der Waals surface area contributed by atoms with Crippen LogP contribution in [0.1, 0.15) is 51.9 Å². The van der Waals surface area contributed by atoms with Crippen LogP contribution >= 0.6 is 0 Å². The third-order valence-electron chi connectivity index (χ3n) is 3.39. The Morgan fingerprint density at radius 2 is 1.93 bits per heavy atom. The van der Waals surface area contributed by atoms with E-state index in [9.17, 15) is 9.59 Å². The van der Waals surface area contributed by atoms with Crippen LogP contribution in [0.4, 0.5) is 0 Å². The second kappa shape index (κ2) is 5.89. The van der Waals surface area contributed by atoms with Gasteiger partial charge in [0.25, 0.3) is 0 Å². The number of aliphatic carboxylic acids is 1. The molecule has 0 aromatic carbocycles. The Bertz CT molecular complexity index is 235. The molecule has 2 aliphatic carbocycles. The SMILES string of the molecule is CCC(=O)O.O=C1CCC2CCCCC12. The lowest BCUT2D eigenvalue weighted by atomic mass is 9.81. The summed E-state index contributed by atoms with van der Waals surface area (Å²) in [6.07, 6.45) is 7.50. The number of carbonyl (C=O) groups is 2. The molecule has 2 unspecified atom stereocenters. The van der Waals surface area contributed by atoms with Gasteiger partial charge in [0.2, 0.25) is 0 Å². The third kappa shape index (κ3) is 3.65. The van der Waals surface area contributed by atoms with Crippen LogP contribution in [0.15, 0.2) is 0 Å². The van der Waals surface area contributed by atoms with Crippen molar-refractivity contribution in [1.82, 2.24) is 0 Å². The van der Waals surface area contributed by atoms with Crippen LogP contribution in [0.2, 0.25) is 0 Å². The van der Waals surface area contributed by atoms with Crippen molar-refractivity contribution in [1.29, 1.82) is 0 Å². The average molecular weight is 212 g/mol. The minimum absolute atomic E-state index is 0.222. The summed E-state index contributed by atoms with van der Waals surface area (Å²) in [4.78, 5) is 20.6. The fourth-order valence-electron chi connectivity index (χ4n) is 2.49. The van der Waals surface area contributed by atoms with Crippen molar-refractivity contribution in [2.75, 3.05) is 0 Å². The Hall–Kier alpha value is -0.860. The van der Waals surface area contributed by atoms with E-state index >= 15 is 0 Å². The van der Waals surface area contributed by atoms with Crippen LogP contribution < -0.4 is 0 Å². The lowest BCUT2D eigenvalue weighted by Crippen LogP contribution is -2.18. The maximum absolute atomic E-state index is 11.2. The number of hydrogen-bond donors (Lipinski definition) is 1. The van der Waals surface area contributed by atoms with Gasteiger partial charge in [0.1, 0.15) is 5.78 Å². The van der Waals surface area contributed by atoms with E-state index in [-0.39, 0.29) is 6.42 Å². The van der Waals surface area contributed by atoms with Crippen LogP contribution in [0, 0.1) is 11.8 Å². The largest absolute Gasteiger partial charge is 0.481 e. The highest BCUT2D eigenvalue weighted by Gasteiger charge is 2.35. The van der Waals surface area contributed by atoms with Crippen molar-refractivity contribution in [3.8, 4) is 0 Å². The number of Topliss-reactive ketones (excluding diaryl/α,β-unsaturated/α-hetero) is 1. The highest BCUT2D eigenvalue weighted by atomic mass is 16.4. The fourth-order valence-corrected chi connectivity index (χ4v) is 2.49. The predicted octanol–water partition coefficient (Wildman–Crippen LogP) is 2.64. The summed E-state index contributed by atoms with van der Waals surface area (Å²) in [5.74, 6) is 1.10. The summed E-state index contributed by atoms with van der Waals surface area (Å²) < 4.78 is 0. The van der Waals surface area contributed by atoms with E-state index in [0.29, 0.717) is 11.7 Å². The Morgan fingerprint density at radius 3 is 2.47 bits per heavy atom. The summed E-state index contributed by atoms with van der Waals surface area (Å²) >= 11 is 0. The van der Waals surface area contributed by atoms with E-state index < -0.39 is 5.97 Å². The van der Waals surface area contributed by atoms with Gasteiger partial charge >= 0.3 is 5.97 Å². The lowest BCUT2D eigenvalue weighted by molar-refractivity contribution is -0.136. The van der Waals surface area contributed by atoms with Crippen LogP contribution in [0.5, 0.6) is 0 Å². The molecule has 3 heteroatoms. The average Bonchev–Trinajstić information content (AvgIpc) is 2.62. The van der Waals surface area contributed by atoms with Crippen LogP contribution in [0.25, 0.3) is 0 Å². The van der Waals surface area contributed by atoms with Crippen molar-refractivity contribution in [3.05, 3.63) is 0 Å². The van der Waals surface area contributed by atoms with Crippen LogP contribution in [0.3, 0.4) is 0 Å². The van der Waals surface area contributed by atoms with Crippen molar-refractivity contribution in [2.24, 2.45) is 11.8 Å². The number of hydrogen-bond acceptors (Lipinski definition) is 2. The summed E-state index contributed by atoms with van der Waals surface area (Å²) in [6.45, 7) is 1.60. The van der Waals surface area contributed by atoms with Gasteiger partial charge in [-0.25, -0.2) is 0 Å². The standard InChI is InChI=1S/C9H14O.C3H6O2/c10-9-6-5-7-3-1-2-4-8(7)9;1-2-3(4)5/h7-8H,1-6H2;2H2,1H3,(H,4,5). The summed E-state index contributed by atoms with van der Waals surface area (Å²) in [6, 6.07) is 0. The molecule has 2 fully saturated rings. The molecule has 0 aromatic heterocycles. The van der Waals surface area contributed by atoms with Crippen molar-refractivity contribution in [2.45, 2.75) is 51.9 Å². The first kappa shape index (κ1) is 12.2. The molecule has 15 heavy (non-hydrogen) atoms. The third-order valence-corrected chi connectivity index (χ3v) is 3.39. The molecule has 0 radical (unpaired) electrons. The van der Waals surface area contributed by atoms with Gasteiger partial charge in [-0.3, -0.25) is 9.59 Å². The minimum atomic E-state index is -0.745. The van der Waals surface area contributed by atoms with Gasteiger partial charge in [-0.2, -0.15) is 0 Å². The number of ketones is 1. The van der Waals surface area contributed by atoms with Gasteiger partial charge < -0.3 is 5.11 Å². The first-order chi connectivity index (χ1) is 7.15. The highest BCUT2D eigenvalue weighted by Crippen LogP contribution is 2.39. The number of carbonyl (C=O) groups excluding carboxylic acids is 1. The number of rotatable bonds is 1. The molecule has 0 spiro atoms. The number of carboxylic acids is 1. The molecular weight excluding hydrogens is 192 g/mol. The topological polar surface area (TPSA) is 54.4 Å². The Balaban J connectivity index is 0.000000195. The molecule has 0 aromatic rings. The maximum atomic E-state index is 11.2. The van der Waals surface area contributed by atoms with Gasteiger partial charge in [-0.05, 0) is 25.2 Å². The highest BCUT2D eigenvalue weighted by molar-refractivity contribution is 5.83. The number of carboxylic acid groups (broad SMARTS) is 1. The smallest absolute Gasteiger partial charge is 0.303 e. The molecule has 1 N–H and O–H groups in total. The molecule has 0 saturated heterocycles. The summed E-state index contributed by atoms with van der Waals surface area (Å²) in [5.41, 5.74) is 0. The monoisotopic (exact) mass is 212 g/mol. The fraction of sp³-hybridized carbons (Fsp3) is 0.833. The summed E-state index contributed by atoms with van der Waals surface area (Å²) in [5, 5.41) is 7.72. The zero-order valence-electron chi connectivity index (χ0n) is 9.37. The lowest BCUT2D eigenvalue weighted by Gasteiger charge is -2.22. The van der Waals surface area contributed by atoms with Crippen molar-refractivity contribution < 1.29 is 14.7 Å². The van der Waals surface area contributed by atoms with E-state index in [1.54, 1.807) is 6.92 Å². The van der Waals surface area contributed by atoms with E-state index in [0.717, 1.165) is 12.3 Å². The molecular formula is C12H20O3. The Kier molecular flexibility index (Phi) is 4.79. The minimum Gasteiger partial charge on any atom is -0.481 e. The first-order valence-corrected chi connectivity index (χ1v) is 5.89. The second-order valence-electron chi connectivity index (χ2n) is 4.40. The molecule has 2 atom stereocenters. The molecule has 0 amide bonds. The molecule has 2 aliphatic rings. The first-order valence-electron chi connectivity index (χ1n) is 5.89. The molecule has 3 nitrogen and oxygen atoms in total. The van der Waals surface area contributed by atoms with Gasteiger partial charge in [0.05, 0.1) is 0 Å². The van der Waals surface area contributed by atoms with Crippen LogP contribution in [-0.4, -0.2) is 16.9 Å².